The van der Waals surface area contributed by atoms with Crippen molar-refractivity contribution in [1.82, 2.24) is 5.32 Å². The van der Waals surface area contributed by atoms with Crippen LogP contribution in [-0.2, 0) is 6.42 Å². The lowest BCUT2D eigenvalue weighted by Gasteiger charge is -2.29. The van der Waals surface area contributed by atoms with Gasteiger partial charge in [0.15, 0.2) is 0 Å². The van der Waals surface area contributed by atoms with Crippen LogP contribution in [0.3, 0.4) is 0 Å². The number of hydrogen-bond acceptors (Lipinski definition) is 3. The highest BCUT2D eigenvalue weighted by molar-refractivity contribution is 5.57. The van der Waals surface area contributed by atoms with Gasteiger partial charge in [0.05, 0.1) is 5.69 Å². The molecular weight excluding hydrogens is 212 g/mol. The van der Waals surface area contributed by atoms with Crippen molar-refractivity contribution >= 4 is 5.69 Å². The van der Waals surface area contributed by atoms with Gasteiger partial charge in [0.1, 0.15) is 12.4 Å². The molecule has 0 saturated heterocycles. The number of benzene rings is 1. The topological polar surface area (TPSA) is 47.3 Å². The molecule has 1 fully saturated rings. The Morgan fingerprint density at radius 1 is 1.18 bits per heavy atom. The van der Waals surface area contributed by atoms with Gasteiger partial charge in [-0.1, -0.05) is 25.0 Å². The predicted molar refractivity (Wildman–Crippen MR) is 69.2 cm³/mol. The number of hydrogen-bond donors (Lipinski definition) is 2. The molecule has 0 amide bonds. The van der Waals surface area contributed by atoms with Crippen molar-refractivity contribution < 1.29 is 4.74 Å². The Morgan fingerprint density at radius 2 is 2.00 bits per heavy atom. The van der Waals surface area contributed by atoms with Crippen LogP contribution < -0.4 is 15.8 Å². The monoisotopic (exact) mass is 232 g/mol. The van der Waals surface area contributed by atoms with Gasteiger partial charge in [0.2, 0.25) is 0 Å². The SMILES string of the molecule is Nc1cccc2c1OCC(NC1CCCC1)C2. The minimum Gasteiger partial charge on any atom is -0.490 e. The average Bonchev–Trinajstić information content (AvgIpc) is 2.82. The molecule has 3 heteroatoms. The Hall–Kier alpha value is -1.22. The van der Waals surface area contributed by atoms with Crippen LogP contribution in [-0.4, -0.2) is 18.7 Å². The number of nitrogens with one attached hydrogen (secondary N) is 1. The Labute approximate surface area is 102 Å². The van der Waals surface area contributed by atoms with Gasteiger partial charge in [-0.2, -0.15) is 0 Å². The second kappa shape index (κ2) is 4.57. The molecule has 1 unspecified atom stereocenters. The van der Waals surface area contributed by atoms with Gasteiger partial charge in [0.25, 0.3) is 0 Å². The maximum absolute atomic E-state index is 5.90. The van der Waals surface area contributed by atoms with E-state index >= 15 is 0 Å². The first-order chi connectivity index (χ1) is 8.33. The van der Waals surface area contributed by atoms with Crippen molar-refractivity contribution in [2.75, 3.05) is 12.3 Å². The summed E-state index contributed by atoms with van der Waals surface area (Å²) in [5.74, 6) is 0.900. The lowest BCUT2D eigenvalue weighted by Crippen LogP contribution is -2.44. The van der Waals surface area contributed by atoms with Crippen molar-refractivity contribution in [3.8, 4) is 5.75 Å². The normalized spacial score (nSPS) is 24.4. The Balaban J connectivity index is 1.68. The van der Waals surface area contributed by atoms with Crippen LogP contribution in [0.2, 0.25) is 0 Å². The maximum atomic E-state index is 5.90. The van der Waals surface area contributed by atoms with E-state index in [1.165, 1.54) is 31.2 Å². The zero-order chi connectivity index (χ0) is 11.7. The summed E-state index contributed by atoms with van der Waals surface area (Å²) in [5.41, 5.74) is 7.91. The van der Waals surface area contributed by atoms with Crippen LogP contribution in [0.5, 0.6) is 5.75 Å². The molecule has 1 atom stereocenters. The van der Waals surface area contributed by atoms with Gasteiger partial charge in [-0.15, -0.1) is 0 Å². The molecule has 3 rings (SSSR count). The van der Waals surface area contributed by atoms with Gasteiger partial charge in [-0.05, 0) is 30.9 Å². The summed E-state index contributed by atoms with van der Waals surface area (Å²) < 4.78 is 5.79. The summed E-state index contributed by atoms with van der Waals surface area (Å²) in [6.07, 6.45) is 6.42. The van der Waals surface area contributed by atoms with E-state index in [1.807, 2.05) is 12.1 Å². The number of fused-ring (bicyclic) bond motifs is 1. The molecule has 0 bridgehead atoms. The van der Waals surface area contributed by atoms with E-state index in [4.69, 9.17) is 10.5 Å². The molecular formula is C14H20N2O. The van der Waals surface area contributed by atoms with E-state index in [2.05, 4.69) is 11.4 Å². The highest BCUT2D eigenvalue weighted by Gasteiger charge is 2.24. The van der Waals surface area contributed by atoms with Gasteiger partial charge >= 0.3 is 0 Å². The van der Waals surface area contributed by atoms with Gasteiger partial charge in [0, 0.05) is 12.1 Å². The Kier molecular flexibility index (Phi) is 2.93. The van der Waals surface area contributed by atoms with Crippen LogP contribution in [0.4, 0.5) is 5.69 Å². The molecule has 3 nitrogen and oxygen atoms in total. The molecule has 1 saturated carbocycles. The second-order valence-corrected chi connectivity index (χ2v) is 5.20. The van der Waals surface area contributed by atoms with Crippen LogP contribution in [0.25, 0.3) is 0 Å². The molecule has 92 valence electrons. The zero-order valence-corrected chi connectivity index (χ0v) is 10.1. The summed E-state index contributed by atoms with van der Waals surface area (Å²) in [7, 11) is 0. The number of para-hydroxylation sites is 1. The summed E-state index contributed by atoms with van der Waals surface area (Å²) in [4.78, 5) is 0. The molecule has 1 aromatic carbocycles. The lowest BCUT2D eigenvalue weighted by atomic mass is 10.0. The van der Waals surface area contributed by atoms with Crippen molar-refractivity contribution in [2.45, 2.75) is 44.2 Å². The highest BCUT2D eigenvalue weighted by Crippen LogP contribution is 2.31. The quantitative estimate of drug-likeness (QED) is 0.768. The van der Waals surface area contributed by atoms with Gasteiger partial charge in [-0.3, -0.25) is 0 Å². The molecule has 17 heavy (non-hydrogen) atoms. The van der Waals surface area contributed by atoms with Crippen molar-refractivity contribution in [2.24, 2.45) is 0 Å². The number of nitrogen functional groups attached to an aromatic ring is 1. The molecule has 1 heterocycles. The smallest absolute Gasteiger partial charge is 0.145 e. The molecule has 3 N–H and O–H groups in total. The van der Waals surface area contributed by atoms with Crippen molar-refractivity contribution in [1.29, 1.82) is 0 Å². The van der Waals surface area contributed by atoms with Gasteiger partial charge in [-0.25, -0.2) is 0 Å². The first kappa shape index (κ1) is 10.9. The van der Waals surface area contributed by atoms with E-state index < -0.39 is 0 Å². The van der Waals surface area contributed by atoms with E-state index in [0.717, 1.165) is 24.5 Å². The van der Waals surface area contributed by atoms with E-state index in [-0.39, 0.29) is 0 Å². The first-order valence-electron chi connectivity index (χ1n) is 6.59. The van der Waals surface area contributed by atoms with Crippen molar-refractivity contribution in [3.63, 3.8) is 0 Å². The minimum absolute atomic E-state index is 0.451. The molecule has 0 radical (unpaired) electrons. The van der Waals surface area contributed by atoms with E-state index in [9.17, 15) is 0 Å². The Morgan fingerprint density at radius 3 is 2.82 bits per heavy atom. The van der Waals surface area contributed by atoms with Gasteiger partial charge < -0.3 is 15.8 Å². The van der Waals surface area contributed by atoms with Crippen LogP contribution in [0.1, 0.15) is 31.2 Å². The molecule has 1 aromatic rings. The van der Waals surface area contributed by atoms with E-state index in [1.54, 1.807) is 0 Å². The third kappa shape index (κ3) is 2.25. The fourth-order valence-electron chi connectivity index (χ4n) is 2.98. The first-order valence-corrected chi connectivity index (χ1v) is 6.59. The molecule has 0 aromatic heterocycles. The zero-order valence-electron chi connectivity index (χ0n) is 10.1. The summed E-state index contributed by atoms with van der Waals surface area (Å²) in [5, 5.41) is 3.71. The maximum Gasteiger partial charge on any atom is 0.145 e. The van der Waals surface area contributed by atoms with Crippen LogP contribution >= 0.6 is 0 Å². The number of ether oxygens (including phenoxy) is 1. The van der Waals surface area contributed by atoms with E-state index in [0.29, 0.717) is 12.1 Å². The molecule has 1 aliphatic carbocycles. The minimum atomic E-state index is 0.451. The second-order valence-electron chi connectivity index (χ2n) is 5.20. The number of nitrogens with two attached hydrogens (primary N) is 1. The fourth-order valence-corrected chi connectivity index (χ4v) is 2.98. The molecule has 1 aliphatic heterocycles. The molecule has 2 aliphatic rings. The third-order valence-electron chi connectivity index (χ3n) is 3.85. The summed E-state index contributed by atoms with van der Waals surface area (Å²) in [6, 6.07) is 7.19. The fraction of sp³-hybridized carbons (Fsp3) is 0.571. The summed E-state index contributed by atoms with van der Waals surface area (Å²) >= 11 is 0. The standard InChI is InChI=1S/C14H20N2O/c15-13-7-3-4-10-8-12(9-17-14(10)13)16-11-5-1-2-6-11/h3-4,7,11-12,16H,1-2,5-6,8-9,15H2. The number of rotatable bonds is 2. The largest absolute Gasteiger partial charge is 0.490 e. The third-order valence-corrected chi connectivity index (χ3v) is 3.85. The predicted octanol–water partition coefficient (Wildman–Crippen LogP) is 2.10. The summed E-state index contributed by atoms with van der Waals surface area (Å²) in [6.45, 7) is 0.748. The average molecular weight is 232 g/mol. The molecule has 0 spiro atoms. The highest BCUT2D eigenvalue weighted by atomic mass is 16.5. The van der Waals surface area contributed by atoms with Crippen molar-refractivity contribution in [3.05, 3.63) is 23.8 Å². The Bertz CT molecular complexity index is 399. The van der Waals surface area contributed by atoms with Crippen LogP contribution in [0, 0.1) is 0 Å². The number of anilines is 1. The lowest BCUT2D eigenvalue weighted by molar-refractivity contribution is 0.228. The van der Waals surface area contributed by atoms with Crippen LogP contribution in [0.15, 0.2) is 18.2 Å².